The molecule has 0 aromatic carbocycles. The normalized spacial score (nSPS) is 19.9. The summed E-state index contributed by atoms with van der Waals surface area (Å²) < 4.78 is 0. The van der Waals surface area contributed by atoms with Crippen LogP contribution >= 0.6 is 0 Å². The van der Waals surface area contributed by atoms with Crippen molar-refractivity contribution in [2.45, 2.75) is 45.2 Å². The predicted molar refractivity (Wildman–Crippen MR) is 61.9 cm³/mol. The van der Waals surface area contributed by atoms with Crippen LogP contribution < -0.4 is 16.0 Å². The van der Waals surface area contributed by atoms with Crippen LogP contribution in [0.1, 0.15) is 33.1 Å². The van der Waals surface area contributed by atoms with Crippen LogP contribution in [0.5, 0.6) is 0 Å². The lowest BCUT2D eigenvalue weighted by Gasteiger charge is -2.11. The molecule has 5 heteroatoms. The molecule has 1 heterocycles. The maximum absolute atomic E-state index is 11.5. The van der Waals surface area contributed by atoms with Gasteiger partial charge in [0.2, 0.25) is 11.8 Å². The first-order chi connectivity index (χ1) is 7.58. The molecule has 0 aromatic heterocycles. The van der Waals surface area contributed by atoms with Gasteiger partial charge in [0.1, 0.15) is 0 Å². The van der Waals surface area contributed by atoms with E-state index in [1.54, 1.807) is 0 Å². The molecule has 1 aliphatic heterocycles. The minimum absolute atomic E-state index is 0.0157. The van der Waals surface area contributed by atoms with Gasteiger partial charge in [-0.2, -0.15) is 0 Å². The third-order valence-corrected chi connectivity index (χ3v) is 2.48. The summed E-state index contributed by atoms with van der Waals surface area (Å²) in [6.45, 7) is 5.58. The quantitative estimate of drug-likeness (QED) is 0.549. The number of hydrogen-bond donors (Lipinski definition) is 3. The standard InChI is InChI=1S/C11H21N3O2/c1-8(2)12-5-3-4-10(15)14-9-6-11(16)13-7-9/h8-9,12H,3-7H2,1-2H3,(H,13,16)(H,14,15). The fourth-order valence-corrected chi connectivity index (χ4v) is 1.65. The molecule has 1 atom stereocenters. The molecule has 0 aromatic rings. The molecule has 1 saturated heterocycles. The molecule has 0 radical (unpaired) electrons. The lowest BCUT2D eigenvalue weighted by atomic mass is 10.2. The largest absolute Gasteiger partial charge is 0.354 e. The summed E-state index contributed by atoms with van der Waals surface area (Å²) in [7, 11) is 0. The first-order valence-corrected chi connectivity index (χ1v) is 5.87. The first kappa shape index (κ1) is 13.0. The fourth-order valence-electron chi connectivity index (χ4n) is 1.65. The minimum Gasteiger partial charge on any atom is -0.354 e. The van der Waals surface area contributed by atoms with Gasteiger partial charge in [-0.15, -0.1) is 0 Å². The summed E-state index contributed by atoms with van der Waals surface area (Å²) in [6, 6.07) is 0.442. The van der Waals surface area contributed by atoms with E-state index in [1.165, 1.54) is 0 Å². The number of nitrogens with one attached hydrogen (secondary N) is 3. The molecular weight excluding hydrogens is 206 g/mol. The van der Waals surface area contributed by atoms with Crippen molar-refractivity contribution in [2.24, 2.45) is 0 Å². The molecule has 1 rings (SSSR count). The molecule has 2 amide bonds. The van der Waals surface area contributed by atoms with Crippen LogP contribution in [0.2, 0.25) is 0 Å². The number of rotatable bonds is 6. The Kier molecular flexibility index (Phi) is 5.25. The second-order valence-electron chi connectivity index (χ2n) is 4.49. The third kappa shape index (κ3) is 5.11. The summed E-state index contributed by atoms with van der Waals surface area (Å²) >= 11 is 0. The maximum Gasteiger partial charge on any atom is 0.222 e. The molecule has 3 N–H and O–H groups in total. The lowest BCUT2D eigenvalue weighted by molar-refractivity contribution is -0.121. The molecule has 0 saturated carbocycles. The average molecular weight is 227 g/mol. The van der Waals surface area contributed by atoms with Crippen LogP contribution in [0.3, 0.4) is 0 Å². The van der Waals surface area contributed by atoms with Crippen molar-refractivity contribution in [3.63, 3.8) is 0 Å². The van der Waals surface area contributed by atoms with Crippen LogP contribution in [0.15, 0.2) is 0 Å². The van der Waals surface area contributed by atoms with Gasteiger partial charge in [0.15, 0.2) is 0 Å². The summed E-state index contributed by atoms with van der Waals surface area (Å²) in [5, 5.41) is 8.79. The summed E-state index contributed by atoms with van der Waals surface area (Å²) in [5.74, 6) is 0.0545. The highest BCUT2D eigenvalue weighted by Crippen LogP contribution is 2.00. The second-order valence-corrected chi connectivity index (χ2v) is 4.49. The average Bonchev–Trinajstić information content (AvgIpc) is 2.58. The Morgan fingerprint density at radius 2 is 2.31 bits per heavy atom. The summed E-state index contributed by atoms with van der Waals surface area (Å²) in [6.07, 6.45) is 1.76. The predicted octanol–water partition coefficient (Wildman–Crippen LogP) is -0.231. The van der Waals surface area contributed by atoms with Crippen LogP contribution in [-0.2, 0) is 9.59 Å². The van der Waals surface area contributed by atoms with E-state index in [-0.39, 0.29) is 17.9 Å². The molecular formula is C11H21N3O2. The van der Waals surface area contributed by atoms with Crippen LogP contribution in [0, 0.1) is 0 Å². The Morgan fingerprint density at radius 1 is 1.56 bits per heavy atom. The van der Waals surface area contributed by atoms with E-state index in [0.717, 1.165) is 13.0 Å². The molecule has 0 spiro atoms. The topological polar surface area (TPSA) is 70.2 Å². The van der Waals surface area contributed by atoms with Gasteiger partial charge in [-0.25, -0.2) is 0 Å². The first-order valence-electron chi connectivity index (χ1n) is 5.87. The van der Waals surface area contributed by atoms with Gasteiger partial charge in [-0.1, -0.05) is 13.8 Å². The molecule has 92 valence electrons. The van der Waals surface area contributed by atoms with E-state index in [9.17, 15) is 9.59 Å². The van der Waals surface area contributed by atoms with Crippen molar-refractivity contribution in [3.8, 4) is 0 Å². The van der Waals surface area contributed by atoms with Gasteiger partial charge in [0, 0.05) is 25.4 Å². The zero-order valence-electron chi connectivity index (χ0n) is 10.0. The van der Waals surface area contributed by atoms with Crippen LogP contribution in [-0.4, -0.2) is 37.0 Å². The zero-order valence-corrected chi connectivity index (χ0v) is 10.0. The van der Waals surface area contributed by atoms with Gasteiger partial charge >= 0.3 is 0 Å². The van der Waals surface area contributed by atoms with Gasteiger partial charge in [-0.05, 0) is 13.0 Å². The second kappa shape index (κ2) is 6.48. The highest BCUT2D eigenvalue weighted by molar-refractivity contribution is 5.81. The van der Waals surface area contributed by atoms with E-state index in [2.05, 4.69) is 29.8 Å². The number of carbonyl (C=O) groups excluding carboxylic acids is 2. The van der Waals surface area contributed by atoms with Gasteiger partial charge < -0.3 is 16.0 Å². The van der Waals surface area contributed by atoms with Gasteiger partial charge in [0.25, 0.3) is 0 Å². The monoisotopic (exact) mass is 227 g/mol. The third-order valence-electron chi connectivity index (χ3n) is 2.48. The van der Waals surface area contributed by atoms with Gasteiger partial charge in [-0.3, -0.25) is 9.59 Å². The Morgan fingerprint density at radius 3 is 2.88 bits per heavy atom. The van der Waals surface area contributed by atoms with E-state index in [1.807, 2.05) is 0 Å². The lowest BCUT2D eigenvalue weighted by Crippen LogP contribution is -2.36. The Labute approximate surface area is 96.4 Å². The fraction of sp³-hybridized carbons (Fsp3) is 0.818. The smallest absolute Gasteiger partial charge is 0.222 e. The van der Waals surface area contributed by atoms with Crippen molar-refractivity contribution in [1.29, 1.82) is 0 Å². The molecule has 0 bridgehead atoms. The van der Waals surface area contributed by atoms with Crippen molar-refractivity contribution < 1.29 is 9.59 Å². The molecule has 5 nitrogen and oxygen atoms in total. The number of hydrogen-bond acceptors (Lipinski definition) is 3. The van der Waals surface area contributed by atoms with E-state index in [0.29, 0.717) is 25.4 Å². The Balaban J connectivity index is 2.05. The molecule has 0 aliphatic carbocycles. The van der Waals surface area contributed by atoms with Crippen molar-refractivity contribution in [3.05, 3.63) is 0 Å². The summed E-state index contributed by atoms with van der Waals surface area (Å²) in [5.41, 5.74) is 0. The zero-order chi connectivity index (χ0) is 12.0. The van der Waals surface area contributed by atoms with Crippen molar-refractivity contribution in [1.82, 2.24) is 16.0 Å². The van der Waals surface area contributed by atoms with Crippen LogP contribution in [0.25, 0.3) is 0 Å². The maximum atomic E-state index is 11.5. The van der Waals surface area contributed by atoms with Crippen molar-refractivity contribution >= 4 is 11.8 Å². The number of amides is 2. The van der Waals surface area contributed by atoms with Crippen molar-refractivity contribution in [2.75, 3.05) is 13.1 Å². The highest BCUT2D eigenvalue weighted by atomic mass is 16.2. The summed E-state index contributed by atoms with van der Waals surface area (Å²) in [4.78, 5) is 22.4. The Bertz CT molecular complexity index is 254. The minimum atomic E-state index is -0.0157. The molecule has 1 fully saturated rings. The SMILES string of the molecule is CC(C)NCCCC(=O)NC1CNC(=O)C1. The molecule has 16 heavy (non-hydrogen) atoms. The number of carbonyl (C=O) groups is 2. The highest BCUT2D eigenvalue weighted by Gasteiger charge is 2.22. The van der Waals surface area contributed by atoms with E-state index >= 15 is 0 Å². The Hall–Kier alpha value is -1.10. The molecule has 1 aliphatic rings. The van der Waals surface area contributed by atoms with Crippen LogP contribution in [0.4, 0.5) is 0 Å². The van der Waals surface area contributed by atoms with E-state index < -0.39 is 0 Å². The van der Waals surface area contributed by atoms with Gasteiger partial charge in [0.05, 0.1) is 6.04 Å². The molecule has 1 unspecified atom stereocenters. The van der Waals surface area contributed by atoms with E-state index in [4.69, 9.17) is 0 Å².